The molecule has 6 heteroatoms. The molecule has 2 aromatic heterocycles. The Hall–Kier alpha value is -2.21. The lowest BCUT2D eigenvalue weighted by molar-refractivity contribution is -0.118. The number of carbonyl (C=O) groups excluding carboxylic acids is 1. The molecule has 96 valence electrons. The summed E-state index contributed by atoms with van der Waals surface area (Å²) in [7, 11) is 0. The van der Waals surface area contributed by atoms with Gasteiger partial charge in [-0.1, -0.05) is 17.8 Å². The Morgan fingerprint density at radius 2 is 2.11 bits per heavy atom. The Morgan fingerprint density at radius 1 is 1.26 bits per heavy atom. The predicted molar refractivity (Wildman–Crippen MR) is 74.9 cm³/mol. The van der Waals surface area contributed by atoms with E-state index in [1.807, 2.05) is 18.2 Å². The molecule has 0 aliphatic rings. The minimum absolute atomic E-state index is 0.166. The van der Waals surface area contributed by atoms with Crippen molar-refractivity contribution in [2.75, 3.05) is 5.75 Å². The van der Waals surface area contributed by atoms with E-state index in [2.05, 4.69) is 20.5 Å². The van der Waals surface area contributed by atoms with Crippen LogP contribution in [0.3, 0.4) is 0 Å². The van der Waals surface area contributed by atoms with Crippen molar-refractivity contribution in [1.29, 1.82) is 0 Å². The lowest BCUT2D eigenvalue weighted by Crippen LogP contribution is -2.19. The molecular formula is C13H12N4OS. The van der Waals surface area contributed by atoms with Gasteiger partial charge in [0.15, 0.2) is 0 Å². The number of aromatic nitrogens is 2. The zero-order chi connectivity index (χ0) is 13.3. The Kier molecular flexibility index (Phi) is 5.06. The van der Waals surface area contributed by atoms with Crippen LogP contribution in [0.1, 0.15) is 5.56 Å². The highest BCUT2D eigenvalue weighted by atomic mass is 32.2. The van der Waals surface area contributed by atoms with E-state index < -0.39 is 0 Å². The summed E-state index contributed by atoms with van der Waals surface area (Å²) < 4.78 is 0. The van der Waals surface area contributed by atoms with Crippen molar-refractivity contribution in [2.24, 2.45) is 5.10 Å². The number of rotatable bonds is 5. The highest BCUT2D eigenvalue weighted by Gasteiger charge is 2.01. The molecule has 0 saturated carbocycles. The third-order valence-electron chi connectivity index (χ3n) is 2.10. The van der Waals surface area contributed by atoms with Gasteiger partial charge < -0.3 is 0 Å². The highest BCUT2D eigenvalue weighted by molar-refractivity contribution is 7.99. The first-order valence-electron chi connectivity index (χ1n) is 5.60. The van der Waals surface area contributed by atoms with Crippen LogP contribution in [0.25, 0.3) is 0 Å². The van der Waals surface area contributed by atoms with E-state index in [4.69, 9.17) is 0 Å². The first-order valence-corrected chi connectivity index (χ1v) is 6.59. The van der Waals surface area contributed by atoms with Crippen LogP contribution in [0.2, 0.25) is 0 Å². The van der Waals surface area contributed by atoms with Gasteiger partial charge in [-0.2, -0.15) is 5.10 Å². The summed E-state index contributed by atoms with van der Waals surface area (Å²) in [4.78, 5) is 19.5. The summed E-state index contributed by atoms with van der Waals surface area (Å²) in [5.74, 6) is 0.117. The third kappa shape index (κ3) is 4.89. The third-order valence-corrected chi connectivity index (χ3v) is 3.04. The summed E-state index contributed by atoms with van der Waals surface area (Å²) in [6, 6.07) is 9.19. The van der Waals surface area contributed by atoms with Gasteiger partial charge in [0.25, 0.3) is 0 Å². The molecule has 1 N–H and O–H groups in total. The van der Waals surface area contributed by atoms with Crippen molar-refractivity contribution in [2.45, 2.75) is 5.03 Å². The molecule has 0 bridgehead atoms. The second-order valence-corrected chi connectivity index (χ2v) is 4.53. The second kappa shape index (κ2) is 7.27. The van der Waals surface area contributed by atoms with Crippen molar-refractivity contribution < 1.29 is 4.79 Å². The van der Waals surface area contributed by atoms with E-state index >= 15 is 0 Å². The molecule has 2 rings (SSSR count). The van der Waals surface area contributed by atoms with Crippen LogP contribution in [-0.2, 0) is 4.79 Å². The molecule has 0 aliphatic carbocycles. The predicted octanol–water partition coefficient (Wildman–Crippen LogP) is 1.72. The Morgan fingerprint density at radius 3 is 2.84 bits per heavy atom. The topological polar surface area (TPSA) is 67.2 Å². The van der Waals surface area contributed by atoms with Crippen LogP contribution in [0.5, 0.6) is 0 Å². The largest absolute Gasteiger partial charge is 0.272 e. The fourth-order valence-corrected chi connectivity index (χ4v) is 1.89. The maximum Gasteiger partial charge on any atom is 0.250 e. The van der Waals surface area contributed by atoms with Gasteiger partial charge in [0.2, 0.25) is 5.91 Å². The lowest BCUT2D eigenvalue weighted by atomic mass is 10.3. The van der Waals surface area contributed by atoms with Gasteiger partial charge in [-0.3, -0.25) is 9.78 Å². The van der Waals surface area contributed by atoms with Crippen LogP contribution in [0.4, 0.5) is 0 Å². The smallest absolute Gasteiger partial charge is 0.250 e. The second-order valence-electron chi connectivity index (χ2n) is 3.53. The molecule has 0 unspecified atom stereocenters. The molecule has 0 saturated heterocycles. The maximum atomic E-state index is 11.5. The van der Waals surface area contributed by atoms with E-state index in [9.17, 15) is 4.79 Å². The molecular weight excluding hydrogens is 260 g/mol. The lowest BCUT2D eigenvalue weighted by Gasteiger charge is -1.99. The van der Waals surface area contributed by atoms with Crippen LogP contribution in [0, 0.1) is 0 Å². The van der Waals surface area contributed by atoms with Crippen LogP contribution >= 0.6 is 11.8 Å². The number of hydrazone groups is 1. The fourth-order valence-electron chi connectivity index (χ4n) is 1.23. The zero-order valence-electron chi connectivity index (χ0n) is 10.1. The first-order chi connectivity index (χ1) is 9.34. The number of hydrogen-bond donors (Lipinski definition) is 1. The van der Waals surface area contributed by atoms with E-state index in [1.54, 1.807) is 36.9 Å². The van der Waals surface area contributed by atoms with Gasteiger partial charge in [0, 0.05) is 18.6 Å². The van der Waals surface area contributed by atoms with Crippen LogP contribution in [-0.4, -0.2) is 27.8 Å². The molecule has 0 spiro atoms. The highest BCUT2D eigenvalue weighted by Crippen LogP contribution is 2.12. The molecule has 0 aromatic carbocycles. The van der Waals surface area contributed by atoms with Gasteiger partial charge in [-0.15, -0.1) is 0 Å². The molecule has 2 heterocycles. The van der Waals surface area contributed by atoms with E-state index in [1.165, 1.54) is 11.8 Å². The monoisotopic (exact) mass is 272 g/mol. The van der Waals surface area contributed by atoms with Crippen molar-refractivity contribution in [3.63, 3.8) is 0 Å². The van der Waals surface area contributed by atoms with Crippen molar-refractivity contribution in [1.82, 2.24) is 15.4 Å². The summed E-state index contributed by atoms with van der Waals surface area (Å²) in [6.45, 7) is 0. The molecule has 0 fully saturated rings. The fraction of sp³-hybridized carbons (Fsp3) is 0.0769. The summed E-state index contributed by atoms with van der Waals surface area (Å²) in [5, 5.41) is 4.68. The standard InChI is InChI=1S/C13H12N4OS/c18-12(10-19-13-3-1-2-6-15-13)17-16-9-11-4-7-14-8-5-11/h1-9H,10H2,(H,17,18). The quantitative estimate of drug-likeness (QED) is 0.511. The van der Waals surface area contributed by atoms with Gasteiger partial charge in [0.1, 0.15) is 0 Å². The van der Waals surface area contributed by atoms with Gasteiger partial charge in [-0.05, 0) is 29.8 Å². The number of carbonyl (C=O) groups is 1. The van der Waals surface area contributed by atoms with E-state index in [0.29, 0.717) is 0 Å². The SMILES string of the molecule is O=C(CSc1ccccn1)NN=Cc1ccncc1. The molecule has 0 atom stereocenters. The number of thioether (sulfide) groups is 1. The summed E-state index contributed by atoms with van der Waals surface area (Å²) >= 11 is 1.37. The van der Waals surface area contributed by atoms with E-state index in [-0.39, 0.29) is 11.7 Å². The van der Waals surface area contributed by atoms with Gasteiger partial charge >= 0.3 is 0 Å². The van der Waals surface area contributed by atoms with Crippen molar-refractivity contribution >= 4 is 23.9 Å². The number of hydrogen-bond acceptors (Lipinski definition) is 5. The molecule has 0 radical (unpaired) electrons. The molecule has 0 aliphatic heterocycles. The maximum absolute atomic E-state index is 11.5. The van der Waals surface area contributed by atoms with Crippen LogP contribution in [0.15, 0.2) is 59.0 Å². The Bertz CT molecular complexity index is 545. The summed E-state index contributed by atoms with van der Waals surface area (Å²) in [5.41, 5.74) is 3.34. The average molecular weight is 272 g/mol. The van der Waals surface area contributed by atoms with Gasteiger partial charge in [-0.25, -0.2) is 10.4 Å². The Labute approximate surface area is 115 Å². The Balaban J connectivity index is 1.75. The van der Waals surface area contributed by atoms with Crippen molar-refractivity contribution in [3.05, 3.63) is 54.5 Å². The van der Waals surface area contributed by atoms with Crippen molar-refractivity contribution in [3.8, 4) is 0 Å². The molecule has 19 heavy (non-hydrogen) atoms. The number of pyridine rings is 2. The first kappa shape index (κ1) is 13.2. The molecule has 5 nitrogen and oxygen atoms in total. The van der Waals surface area contributed by atoms with Gasteiger partial charge in [0.05, 0.1) is 17.0 Å². The molecule has 2 aromatic rings. The summed E-state index contributed by atoms with van der Waals surface area (Å²) in [6.07, 6.45) is 6.60. The minimum Gasteiger partial charge on any atom is -0.272 e. The molecule has 1 amide bonds. The van der Waals surface area contributed by atoms with Crippen LogP contribution < -0.4 is 5.43 Å². The number of nitrogens with one attached hydrogen (secondary N) is 1. The normalized spacial score (nSPS) is 10.5. The number of nitrogens with zero attached hydrogens (tertiary/aromatic N) is 3. The minimum atomic E-state index is -0.166. The zero-order valence-corrected chi connectivity index (χ0v) is 10.9. The van der Waals surface area contributed by atoms with E-state index in [0.717, 1.165) is 10.6 Å². The number of amides is 1. The average Bonchev–Trinajstić information content (AvgIpc) is 2.47.